The Hall–Kier alpha value is -0.260. The number of aromatic carboxylic acids is 2. The van der Waals surface area contributed by atoms with Crippen LogP contribution < -0.4 is 5.32 Å². The van der Waals surface area contributed by atoms with Gasteiger partial charge in [-0.15, -0.1) is 0 Å². The fraction of sp³-hybridized carbons (Fsp3) is 0.250. The van der Waals surface area contributed by atoms with Gasteiger partial charge >= 0.3 is 11.9 Å². The average Bonchev–Trinajstić information content (AvgIpc) is 2.42. The molecular formula is C12H11I3N2O6. The van der Waals surface area contributed by atoms with Crippen molar-refractivity contribution >= 4 is 91.3 Å². The second-order valence-electron chi connectivity index (χ2n) is 4.21. The lowest BCUT2D eigenvalue weighted by Gasteiger charge is -2.17. The Balaban J connectivity index is 3.45. The largest absolute Gasteiger partial charge is 0.478 e. The van der Waals surface area contributed by atoms with Crippen LogP contribution in [0.25, 0.3) is 0 Å². The third-order valence-electron chi connectivity index (χ3n) is 2.70. The molecule has 1 rings (SSSR count). The minimum atomic E-state index is -1.29. The number of carboxylic acid groups (broad SMARTS) is 2. The molecule has 0 saturated heterocycles. The molecule has 0 heterocycles. The molecule has 0 saturated carbocycles. The molecule has 0 radical (unpaired) electrons. The highest BCUT2D eigenvalue weighted by molar-refractivity contribution is 14.1. The molecule has 1 aromatic rings. The van der Waals surface area contributed by atoms with Crippen LogP contribution in [-0.4, -0.2) is 51.4 Å². The van der Waals surface area contributed by atoms with Crippen LogP contribution in [0.15, 0.2) is 0 Å². The maximum absolute atomic E-state index is 11.9. The number of carbonyl (C=O) groups is 3. The van der Waals surface area contributed by atoms with Crippen molar-refractivity contribution < 1.29 is 29.8 Å². The number of carbonyl (C=O) groups excluding carboxylic acids is 1. The molecule has 0 fully saturated rings. The van der Waals surface area contributed by atoms with Crippen molar-refractivity contribution in [2.75, 3.05) is 18.4 Å². The molecule has 0 aromatic heterocycles. The van der Waals surface area contributed by atoms with Crippen molar-refractivity contribution in [2.24, 2.45) is 0 Å². The summed E-state index contributed by atoms with van der Waals surface area (Å²) in [6, 6.07) is 0. The zero-order valence-electron chi connectivity index (χ0n) is 11.6. The highest BCUT2D eigenvalue weighted by Crippen LogP contribution is 2.35. The molecule has 0 aliphatic heterocycles. The molecule has 0 spiro atoms. The van der Waals surface area contributed by atoms with Gasteiger partial charge in [0.15, 0.2) is 0 Å². The van der Waals surface area contributed by atoms with Gasteiger partial charge in [-0.1, -0.05) is 6.92 Å². The molecule has 11 heteroatoms. The number of rotatable bonds is 6. The van der Waals surface area contributed by atoms with Gasteiger partial charge in [-0.25, -0.2) is 9.59 Å². The van der Waals surface area contributed by atoms with E-state index in [1.165, 1.54) is 0 Å². The number of anilines is 1. The van der Waals surface area contributed by atoms with Crippen LogP contribution in [0.3, 0.4) is 0 Å². The van der Waals surface area contributed by atoms with Crippen LogP contribution in [-0.2, 0) is 4.79 Å². The van der Waals surface area contributed by atoms with E-state index in [2.05, 4.69) is 5.32 Å². The Labute approximate surface area is 172 Å². The van der Waals surface area contributed by atoms with E-state index in [4.69, 9.17) is 0 Å². The van der Waals surface area contributed by atoms with Crippen LogP contribution in [0.1, 0.15) is 27.6 Å². The molecule has 4 N–H and O–H groups in total. The van der Waals surface area contributed by atoms with E-state index in [9.17, 15) is 29.8 Å². The van der Waals surface area contributed by atoms with Crippen LogP contribution >= 0.6 is 67.8 Å². The quantitative estimate of drug-likeness (QED) is 0.273. The van der Waals surface area contributed by atoms with Gasteiger partial charge in [0.2, 0.25) is 5.91 Å². The highest BCUT2D eigenvalue weighted by Gasteiger charge is 2.28. The van der Waals surface area contributed by atoms with Gasteiger partial charge in [0.1, 0.15) is 6.54 Å². The zero-order valence-corrected chi connectivity index (χ0v) is 18.0. The van der Waals surface area contributed by atoms with Crippen molar-refractivity contribution in [3.63, 3.8) is 0 Å². The Kier molecular flexibility index (Phi) is 7.88. The maximum Gasteiger partial charge on any atom is 0.337 e. The van der Waals surface area contributed by atoms with Gasteiger partial charge in [0.05, 0.1) is 24.0 Å². The molecule has 126 valence electrons. The number of nitrogens with zero attached hydrogens (tertiary/aromatic N) is 1. The van der Waals surface area contributed by atoms with Crippen molar-refractivity contribution in [2.45, 2.75) is 6.92 Å². The number of carboxylic acids is 2. The third kappa shape index (κ3) is 4.86. The number of hydrogen-bond donors (Lipinski definition) is 4. The number of benzene rings is 1. The first-order valence-electron chi connectivity index (χ1n) is 6.02. The van der Waals surface area contributed by atoms with Crippen molar-refractivity contribution in [1.82, 2.24) is 5.06 Å². The van der Waals surface area contributed by atoms with Crippen molar-refractivity contribution in [3.8, 4) is 0 Å². The lowest BCUT2D eigenvalue weighted by Crippen LogP contribution is -2.31. The first-order valence-corrected chi connectivity index (χ1v) is 9.26. The molecular weight excluding hydrogens is 649 g/mol. The summed E-state index contributed by atoms with van der Waals surface area (Å²) >= 11 is 5.17. The van der Waals surface area contributed by atoms with E-state index in [-0.39, 0.29) is 40.6 Å². The maximum atomic E-state index is 11.9. The fourth-order valence-electron chi connectivity index (χ4n) is 1.61. The standard InChI is InChI=1S/C12H11I3N2O6/c1-2-17(23)3-4(18)16-10-8(14)5(11(19)20)7(13)6(9(10)15)12(21)22/h23H,2-3H2,1H3,(H,16,18)(H,19,20)(H,21,22). The Bertz CT molecular complexity index is 638. The molecule has 0 bridgehead atoms. The predicted octanol–water partition coefficient (Wildman–Crippen LogP) is 2.55. The summed E-state index contributed by atoms with van der Waals surface area (Å²) in [6.45, 7) is 1.56. The van der Waals surface area contributed by atoms with Crippen molar-refractivity contribution in [1.29, 1.82) is 0 Å². The van der Waals surface area contributed by atoms with E-state index < -0.39 is 17.8 Å². The van der Waals surface area contributed by atoms with E-state index in [0.29, 0.717) is 0 Å². The highest BCUT2D eigenvalue weighted by atomic mass is 127. The molecule has 23 heavy (non-hydrogen) atoms. The zero-order chi connectivity index (χ0) is 17.9. The van der Waals surface area contributed by atoms with E-state index in [1.807, 2.05) is 0 Å². The molecule has 8 nitrogen and oxygen atoms in total. The smallest absolute Gasteiger partial charge is 0.337 e. The van der Waals surface area contributed by atoms with Gasteiger partial charge in [0, 0.05) is 10.1 Å². The summed E-state index contributed by atoms with van der Waals surface area (Å²) in [4.78, 5) is 34.8. The topological polar surface area (TPSA) is 127 Å². The molecule has 1 amide bonds. The second-order valence-corrected chi connectivity index (χ2v) is 7.44. The molecule has 1 aromatic carbocycles. The summed E-state index contributed by atoms with van der Waals surface area (Å²) in [7, 11) is 0. The Morgan fingerprint density at radius 2 is 1.43 bits per heavy atom. The van der Waals surface area contributed by atoms with E-state index in [1.54, 1.807) is 74.7 Å². The second kappa shape index (κ2) is 8.72. The van der Waals surface area contributed by atoms with Gasteiger partial charge < -0.3 is 20.7 Å². The summed E-state index contributed by atoms with van der Waals surface area (Å²) in [5.41, 5.74) is -0.262. The Morgan fingerprint density at radius 3 is 1.78 bits per heavy atom. The van der Waals surface area contributed by atoms with Crippen molar-refractivity contribution in [3.05, 3.63) is 21.8 Å². The fourth-order valence-corrected chi connectivity index (χ4v) is 5.96. The lowest BCUT2D eigenvalue weighted by molar-refractivity contribution is -0.132. The van der Waals surface area contributed by atoms with Crippen LogP contribution in [0.2, 0.25) is 0 Å². The summed E-state index contributed by atoms with van der Waals surface area (Å²) in [5.74, 6) is -3.16. The minimum Gasteiger partial charge on any atom is -0.478 e. The molecule has 0 aliphatic carbocycles. The average molecular weight is 660 g/mol. The van der Waals surface area contributed by atoms with Gasteiger partial charge in [-0.05, 0) is 67.8 Å². The number of hydrogen-bond acceptors (Lipinski definition) is 5. The third-order valence-corrected chi connectivity index (χ3v) is 5.94. The van der Waals surface area contributed by atoms with Gasteiger partial charge in [-0.2, -0.15) is 5.06 Å². The van der Waals surface area contributed by atoms with Crippen LogP contribution in [0, 0.1) is 10.7 Å². The molecule has 0 unspecified atom stereocenters. The molecule has 0 aliphatic rings. The summed E-state index contributed by atoms with van der Waals surface area (Å²) in [6.07, 6.45) is 0. The number of nitrogens with one attached hydrogen (secondary N) is 1. The monoisotopic (exact) mass is 660 g/mol. The SMILES string of the molecule is CCN(O)CC(=O)Nc1c(I)c(C(=O)O)c(I)c(C(=O)O)c1I. The predicted molar refractivity (Wildman–Crippen MR) is 106 cm³/mol. The number of hydroxylamine groups is 2. The summed E-state index contributed by atoms with van der Waals surface area (Å²) < 4.78 is 0.540. The number of amides is 1. The van der Waals surface area contributed by atoms with E-state index in [0.717, 1.165) is 5.06 Å². The van der Waals surface area contributed by atoms with Crippen LogP contribution in [0.4, 0.5) is 5.69 Å². The normalized spacial score (nSPS) is 10.7. The van der Waals surface area contributed by atoms with Gasteiger partial charge in [-0.3, -0.25) is 4.79 Å². The van der Waals surface area contributed by atoms with E-state index >= 15 is 0 Å². The lowest BCUT2D eigenvalue weighted by atomic mass is 10.1. The van der Waals surface area contributed by atoms with Gasteiger partial charge in [0.25, 0.3) is 0 Å². The minimum absolute atomic E-state index is 0.0896. The molecule has 0 atom stereocenters. The Morgan fingerprint density at radius 1 is 1.00 bits per heavy atom. The first kappa shape index (κ1) is 20.8. The number of likely N-dealkylation sites (N-methyl/N-ethyl adjacent to an activating group) is 1. The number of halogens is 3. The van der Waals surface area contributed by atoms with Crippen LogP contribution in [0.5, 0.6) is 0 Å². The first-order chi connectivity index (χ1) is 10.6. The summed E-state index contributed by atoms with van der Waals surface area (Å²) in [5, 5.41) is 31.2.